The van der Waals surface area contributed by atoms with Crippen LogP contribution in [0.5, 0.6) is 0 Å². The van der Waals surface area contributed by atoms with Gasteiger partial charge in [-0.25, -0.2) is 0 Å². The van der Waals surface area contributed by atoms with Crippen LogP contribution in [0.1, 0.15) is 39.7 Å². The van der Waals surface area contributed by atoms with E-state index >= 15 is 0 Å². The second kappa shape index (κ2) is 7.70. The fourth-order valence-electron chi connectivity index (χ4n) is 1.94. The zero-order chi connectivity index (χ0) is 15.2. The summed E-state index contributed by atoms with van der Waals surface area (Å²) >= 11 is 1.76. The van der Waals surface area contributed by atoms with Crippen LogP contribution >= 0.6 is 11.8 Å². The number of rotatable bonds is 7. The van der Waals surface area contributed by atoms with E-state index in [0.717, 1.165) is 18.7 Å². The molecule has 0 radical (unpaired) electrons. The molecular formula is C16H26N2OS. The highest BCUT2D eigenvalue weighted by molar-refractivity contribution is 7.99. The molecule has 0 aromatic heterocycles. The molecule has 0 aliphatic rings. The molecule has 112 valence electrons. The van der Waals surface area contributed by atoms with E-state index < -0.39 is 0 Å². The number of amides is 1. The zero-order valence-corrected chi connectivity index (χ0v) is 13.7. The molecule has 0 fully saturated rings. The highest BCUT2D eigenvalue weighted by Gasteiger charge is 2.14. The minimum atomic E-state index is -0.268. The van der Waals surface area contributed by atoms with E-state index in [1.54, 1.807) is 11.8 Å². The highest BCUT2D eigenvalue weighted by Crippen LogP contribution is 2.26. The Balaban J connectivity index is 2.48. The van der Waals surface area contributed by atoms with E-state index in [1.165, 1.54) is 10.5 Å². The molecule has 0 heterocycles. The maximum Gasteiger partial charge on any atom is 0.234 e. The van der Waals surface area contributed by atoms with Gasteiger partial charge in [-0.05, 0) is 41.8 Å². The quantitative estimate of drug-likeness (QED) is 0.760. The van der Waals surface area contributed by atoms with Crippen molar-refractivity contribution in [2.45, 2.75) is 50.5 Å². The summed E-state index contributed by atoms with van der Waals surface area (Å²) in [6.07, 6.45) is 0.759. The van der Waals surface area contributed by atoms with E-state index in [1.807, 2.05) is 6.92 Å². The van der Waals surface area contributed by atoms with Gasteiger partial charge in [-0.2, -0.15) is 0 Å². The summed E-state index contributed by atoms with van der Waals surface area (Å²) in [5.41, 5.74) is 6.88. The van der Waals surface area contributed by atoms with Crippen LogP contribution in [-0.4, -0.2) is 24.2 Å². The van der Waals surface area contributed by atoms with Crippen LogP contribution in [-0.2, 0) is 10.2 Å². The Hall–Kier alpha value is -1.00. The van der Waals surface area contributed by atoms with Crippen LogP contribution in [0.2, 0.25) is 0 Å². The van der Waals surface area contributed by atoms with Crippen LogP contribution < -0.4 is 11.1 Å². The van der Waals surface area contributed by atoms with E-state index in [9.17, 15) is 4.79 Å². The second-order valence-electron chi connectivity index (χ2n) is 5.92. The molecule has 20 heavy (non-hydrogen) atoms. The summed E-state index contributed by atoms with van der Waals surface area (Å²) in [5.74, 6) is 0.616. The number of hydrogen-bond acceptors (Lipinski definition) is 3. The van der Waals surface area contributed by atoms with Gasteiger partial charge in [0.05, 0.1) is 6.04 Å². The van der Waals surface area contributed by atoms with Gasteiger partial charge in [-0.3, -0.25) is 4.79 Å². The van der Waals surface area contributed by atoms with Gasteiger partial charge in [-0.1, -0.05) is 39.8 Å². The molecule has 4 heteroatoms. The lowest BCUT2D eigenvalue weighted by atomic mass is 9.87. The molecule has 0 saturated carbocycles. The Kier molecular flexibility index (Phi) is 6.56. The first kappa shape index (κ1) is 17.1. The molecule has 3 nitrogen and oxygen atoms in total. The molecule has 1 amide bonds. The molecular weight excluding hydrogens is 268 g/mol. The Morgan fingerprint density at radius 2 is 1.90 bits per heavy atom. The third-order valence-corrected chi connectivity index (χ3v) is 4.23. The highest BCUT2D eigenvalue weighted by atomic mass is 32.2. The van der Waals surface area contributed by atoms with Gasteiger partial charge in [0.2, 0.25) is 5.91 Å². The standard InChI is InChI=1S/C16H26N2OS/c1-5-18-14(15(17)19)10-11-20-13-8-6-12(7-9-13)16(2,3)4/h6-9,14,18H,5,10-11H2,1-4H3,(H2,17,19). The van der Waals surface area contributed by atoms with Crippen LogP contribution in [0.15, 0.2) is 29.2 Å². The number of primary amides is 1. The van der Waals surface area contributed by atoms with E-state index in [-0.39, 0.29) is 17.4 Å². The predicted molar refractivity (Wildman–Crippen MR) is 87.1 cm³/mol. The molecule has 1 aromatic rings. The molecule has 0 bridgehead atoms. The van der Waals surface area contributed by atoms with Crippen molar-refractivity contribution in [3.05, 3.63) is 29.8 Å². The Morgan fingerprint density at radius 1 is 1.30 bits per heavy atom. The van der Waals surface area contributed by atoms with Crippen LogP contribution in [0, 0.1) is 0 Å². The minimum Gasteiger partial charge on any atom is -0.368 e. The van der Waals surface area contributed by atoms with Gasteiger partial charge in [0.25, 0.3) is 0 Å². The number of carbonyl (C=O) groups excluding carboxylic acids is 1. The number of nitrogens with two attached hydrogens (primary N) is 1. The maximum atomic E-state index is 11.2. The maximum absolute atomic E-state index is 11.2. The summed E-state index contributed by atoms with van der Waals surface area (Å²) in [5, 5.41) is 3.11. The number of thioether (sulfide) groups is 1. The van der Waals surface area contributed by atoms with E-state index in [2.05, 4.69) is 50.4 Å². The van der Waals surface area contributed by atoms with Gasteiger partial charge in [0.1, 0.15) is 0 Å². The van der Waals surface area contributed by atoms with Crippen LogP contribution in [0.4, 0.5) is 0 Å². The lowest BCUT2D eigenvalue weighted by Gasteiger charge is -2.19. The summed E-state index contributed by atoms with van der Waals surface area (Å²) < 4.78 is 0. The second-order valence-corrected chi connectivity index (χ2v) is 7.09. The normalized spacial score (nSPS) is 13.2. The van der Waals surface area contributed by atoms with Gasteiger partial charge >= 0.3 is 0 Å². The topological polar surface area (TPSA) is 55.1 Å². The first-order chi connectivity index (χ1) is 9.34. The van der Waals surface area contributed by atoms with Gasteiger partial charge in [0.15, 0.2) is 0 Å². The van der Waals surface area contributed by atoms with Crippen molar-refractivity contribution >= 4 is 17.7 Å². The molecule has 0 aliphatic heterocycles. The largest absolute Gasteiger partial charge is 0.368 e. The van der Waals surface area contributed by atoms with E-state index in [4.69, 9.17) is 5.73 Å². The first-order valence-electron chi connectivity index (χ1n) is 7.10. The summed E-state index contributed by atoms with van der Waals surface area (Å²) in [6, 6.07) is 8.44. The third kappa shape index (κ3) is 5.55. The molecule has 1 atom stereocenters. The minimum absolute atomic E-state index is 0.186. The SMILES string of the molecule is CCNC(CCSc1ccc(C(C)(C)C)cc1)C(N)=O. The average molecular weight is 294 g/mol. The summed E-state index contributed by atoms with van der Waals surface area (Å²) in [6.45, 7) is 9.38. The fraction of sp³-hybridized carbons (Fsp3) is 0.562. The summed E-state index contributed by atoms with van der Waals surface area (Å²) in [4.78, 5) is 12.5. The average Bonchev–Trinajstić information content (AvgIpc) is 2.37. The third-order valence-electron chi connectivity index (χ3n) is 3.19. The Morgan fingerprint density at radius 3 is 2.35 bits per heavy atom. The predicted octanol–water partition coefficient (Wildman–Crippen LogP) is 2.93. The van der Waals surface area contributed by atoms with Crippen molar-refractivity contribution in [2.75, 3.05) is 12.3 Å². The number of benzene rings is 1. The van der Waals surface area contributed by atoms with Crippen molar-refractivity contribution in [1.82, 2.24) is 5.32 Å². The Bertz CT molecular complexity index is 423. The molecule has 0 spiro atoms. The van der Waals surface area contributed by atoms with Crippen molar-refractivity contribution < 1.29 is 4.79 Å². The van der Waals surface area contributed by atoms with Crippen molar-refractivity contribution in [3.8, 4) is 0 Å². The molecule has 0 saturated heterocycles. The lowest BCUT2D eigenvalue weighted by molar-refractivity contribution is -0.120. The first-order valence-corrected chi connectivity index (χ1v) is 8.09. The van der Waals surface area contributed by atoms with Crippen molar-refractivity contribution in [1.29, 1.82) is 0 Å². The molecule has 3 N–H and O–H groups in total. The monoisotopic (exact) mass is 294 g/mol. The number of carbonyl (C=O) groups is 1. The Labute approximate surface area is 126 Å². The van der Waals surface area contributed by atoms with Crippen LogP contribution in [0.25, 0.3) is 0 Å². The van der Waals surface area contributed by atoms with Crippen molar-refractivity contribution in [3.63, 3.8) is 0 Å². The lowest BCUT2D eigenvalue weighted by Crippen LogP contribution is -2.41. The van der Waals surface area contributed by atoms with Crippen LogP contribution in [0.3, 0.4) is 0 Å². The smallest absolute Gasteiger partial charge is 0.234 e. The number of hydrogen-bond donors (Lipinski definition) is 2. The van der Waals surface area contributed by atoms with Gasteiger partial charge < -0.3 is 11.1 Å². The molecule has 1 aromatic carbocycles. The summed E-state index contributed by atoms with van der Waals surface area (Å²) in [7, 11) is 0. The fourth-order valence-corrected chi connectivity index (χ4v) is 2.85. The van der Waals surface area contributed by atoms with Gasteiger partial charge in [0, 0.05) is 4.90 Å². The molecule has 1 rings (SSSR count). The van der Waals surface area contributed by atoms with Crippen molar-refractivity contribution in [2.24, 2.45) is 5.73 Å². The number of likely N-dealkylation sites (N-methyl/N-ethyl adjacent to an activating group) is 1. The molecule has 1 unspecified atom stereocenters. The zero-order valence-electron chi connectivity index (χ0n) is 12.9. The number of nitrogens with one attached hydrogen (secondary N) is 1. The molecule has 0 aliphatic carbocycles. The van der Waals surface area contributed by atoms with Gasteiger partial charge in [-0.15, -0.1) is 11.8 Å². The van der Waals surface area contributed by atoms with E-state index in [0.29, 0.717) is 0 Å².